The van der Waals surface area contributed by atoms with Gasteiger partial charge in [-0.15, -0.1) is 5.10 Å². The van der Waals surface area contributed by atoms with E-state index in [0.29, 0.717) is 11.8 Å². The first-order valence-corrected chi connectivity index (χ1v) is 7.51. The van der Waals surface area contributed by atoms with Crippen molar-refractivity contribution in [3.63, 3.8) is 0 Å². The molecule has 1 aromatic heterocycles. The van der Waals surface area contributed by atoms with Crippen LogP contribution >= 0.6 is 11.8 Å². The lowest BCUT2D eigenvalue weighted by atomic mass is 10.1. The Morgan fingerprint density at radius 1 is 1.63 bits per heavy atom. The van der Waals surface area contributed by atoms with E-state index in [0.717, 1.165) is 31.0 Å². The first-order valence-electron chi connectivity index (χ1n) is 6.52. The van der Waals surface area contributed by atoms with Gasteiger partial charge in [0.1, 0.15) is 5.54 Å². The van der Waals surface area contributed by atoms with Gasteiger partial charge in [0.2, 0.25) is 11.1 Å². The molecule has 1 aromatic rings. The third-order valence-electron chi connectivity index (χ3n) is 3.15. The summed E-state index contributed by atoms with van der Waals surface area (Å²) in [6, 6.07) is 0.431. The van der Waals surface area contributed by atoms with Gasteiger partial charge in [-0.1, -0.05) is 18.7 Å². The third kappa shape index (κ3) is 3.44. The number of tetrazole rings is 1. The van der Waals surface area contributed by atoms with Crippen molar-refractivity contribution >= 4 is 17.7 Å². The highest BCUT2D eigenvalue weighted by atomic mass is 32.2. The fourth-order valence-electron chi connectivity index (χ4n) is 1.65. The SMILES string of the molecule is CCCNC(C)(CSc1nnnn1C1CC1)C(N)=O. The summed E-state index contributed by atoms with van der Waals surface area (Å²) >= 11 is 1.47. The molecule has 1 atom stereocenters. The number of nitrogens with zero attached hydrogens (tertiary/aromatic N) is 4. The summed E-state index contributed by atoms with van der Waals surface area (Å²) in [7, 11) is 0. The minimum absolute atomic E-state index is 0.348. The number of carbonyl (C=O) groups is 1. The predicted octanol–water partition coefficient (Wildman–Crippen LogP) is 0.344. The molecule has 19 heavy (non-hydrogen) atoms. The molecular formula is C11H20N6OS. The van der Waals surface area contributed by atoms with Crippen molar-refractivity contribution in [1.82, 2.24) is 25.5 Å². The molecule has 106 valence electrons. The second-order valence-corrected chi connectivity index (χ2v) is 5.99. The van der Waals surface area contributed by atoms with Gasteiger partial charge in [-0.05, 0) is 43.2 Å². The van der Waals surface area contributed by atoms with Gasteiger partial charge in [-0.2, -0.15) is 0 Å². The number of nitrogens with two attached hydrogens (primary N) is 1. The molecule has 1 aliphatic carbocycles. The highest BCUT2D eigenvalue weighted by Gasteiger charge is 2.33. The van der Waals surface area contributed by atoms with Crippen molar-refractivity contribution in [2.24, 2.45) is 5.73 Å². The Morgan fingerprint density at radius 2 is 2.37 bits per heavy atom. The Kier molecular flexibility index (Phi) is 4.41. The summed E-state index contributed by atoms with van der Waals surface area (Å²) in [5.74, 6) is 0.175. The van der Waals surface area contributed by atoms with Crippen molar-refractivity contribution in [2.75, 3.05) is 12.3 Å². The lowest BCUT2D eigenvalue weighted by Crippen LogP contribution is -2.55. The molecule has 0 aliphatic heterocycles. The molecule has 1 heterocycles. The van der Waals surface area contributed by atoms with E-state index in [1.165, 1.54) is 11.8 Å². The maximum Gasteiger partial charge on any atom is 0.238 e. The number of carbonyl (C=O) groups excluding carboxylic acids is 1. The number of aromatic nitrogens is 4. The van der Waals surface area contributed by atoms with Crippen LogP contribution in [0.1, 0.15) is 39.2 Å². The lowest BCUT2D eigenvalue weighted by molar-refractivity contribution is -0.122. The van der Waals surface area contributed by atoms with Crippen molar-refractivity contribution in [3.05, 3.63) is 0 Å². The Bertz CT molecular complexity index is 446. The van der Waals surface area contributed by atoms with Crippen molar-refractivity contribution < 1.29 is 4.79 Å². The van der Waals surface area contributed by atoms with Crippen LogP contribution in [0.25, 0.3) is 0 Å². The number of hydrogen-bond acceptors (Lipinski definition) is 6. The van der Waals surface area contributed by atoms with Gasteiger partial charge in [0.25, 0.3) is 0 Å². The summed E-state index contributed by atoms with van der Waals surface area (Å²) in [5.41, 5.74) is 4.75. The molecule has 8 heteroatoms. The molecule has 1 amide bonds. The van der Waals surface area contributed by atoms with E-state index in [1.807, 2.05) is 11.6 Å². The van der Waals surface area contributed by atoms with E-state index in [1.54, 1.807) is 0 Å². The molecule has 1 saturated carbocycles. The van der Waals surface area contributed by atoms with Gasteiger partial charge in [-0.25, -0.2) is 4.68 Å². The van der Waals surface area contributed by atoms with Gasteiger partial charge in [0.05, 0.1) is 6.04 Å². The van der Waals surface area contributed by atoms with Gasteiger partial charge in [-0.3, -0.25) is 4.79 Å². The molecule has 7 nitrogen and oxygen atoms in total. The number of nitrogens with one attached hydrogen (secondary N) is 1. The molecular weight excluding hydrogens is 264 g/mol. The van der Waals surface area contributed by atoms with Crippen LogP contribution in [0.2, 0.25) is 0 Å². The topological polar surface area (TPSA) is 98.7 Å². The molecule has 1 fully saturated rings. The summed E-state index contributed by atoms with van der Waals surface area (Å²) in [5, 5.41) is 15.6. The average molecular weight is 284 g/mol. The maximum atomic E-state index is 11.6. The molecule has 0 radical (unpaired) electrons. The number of amides is 1. The summed E-state index contributed by atoms with van der Waals surface area (Å²) in [4.78, 5) is 11.6. The first kappa shape index (κ1) is 14.3. The minimum Gasteiger partial charge on any atom is -0.368 e. The number of thioether (sulfide) groups is 1. The summed E-state index contributed by atoms with van der Waals surface area (Å²) in [6.07, 6.45) is 3.20. The van der Waals surface area contributed by atoms with Crippen molar-refractivity contribution in [2.45, 2.75) is 49.8 Å². The second kappa shape index (κ2) is 5.87. The van der Waals surface area contributed by atoms with Crippen LogP contribution in [0.5, 0.6) is 0 Å². The predicted molar refractivity (Wildman–Crippen MR) is 72.7 cm³/mol. The van der Waals surface area contributed by atoms with Crippen molar-refractivity contribution in [3.8, 4) is 0 Å². The number of primary amides is 1. The number of hydrogen-bond donors (Lipinski definition) is 2. The zero-order valence-corrected chi connectivity index (χ0v) is 12.1. The number of rotatable bonds is 8. The lowest BCUT2D eigenvalue weighted by Gasteiger charge is -2.26. The summed E-state index contributed by atoms with van der Waals surface area (Å²) in [6.45, 7) is 4.63. The second-order valence-electron chi connectivity index (χ2n) is 5.05. The highest BCUT2D eigenvalue weighted by Crippen LogP contribution is 2.36. The highest BCUT2D eigenvalue weighted by molar-refractivity contribution is 7.99. The maximum absolute atomic E-state index is 11.6. The smallest absolute Gasteiger partial charge is 0.238 e. The third-order valence-corrected chi connectivity index (χ3v) is 4.40. The zero-order valence-electron chi connectivity index (χ0n) is 11.3. The molecule has 1 unspecified atom stereocenters. The van der Waals surface area contributed by atoms with Gasteiger partial charge in [0.15, 0.2) is 0 Å². The minimum atomic E-state index is -0.735. The van der Waals surface area contributed by atoms with Crippen LogP contribution in [0.3, 0.4) is 0 Å². The van der Waals surface area contributed by atoms with Crippen LogP contribution in [0, 0.1) is 0 Å². The fraction of sp³-hybridized carbons (Fsp3) is 0.818. The van der Waals surface area contributed by atoms with E-state index in [-0.39, 0.29) is 5.91 Å². The first-order chi connectivity index (χ1) is 9.07. The van der Waals surface area contributed by atoms with Gasteiger partial charge in [0, 0.05) is 5.75 Å². The molecule has 0 aromatic carbocycles. The molecule has 0 bridgehead atoms. The Balaban J connectivity index is 1.97. The quantitative estimate of drug-likeness (QED) is 0.668. The normalized spacial score (nSPS) is 18.2. The van der Waals surface area contributed by atoms with Gasteiger partial charge >= 0.3 is 0 Å². The Labute approximate surface area is 116 Å². The Morgan fingerprint density at radius 3 is 2.95 bits per heavy atom. The Hall–Kier alpha value is -1.15. The van der Waals surface area contributed by atoms with Crippen LogP contribution in [-0.4, -0.2) is 44.0 Å². The van der Waals surface area contributed by atoms with E-state index < -0.39 is 5.54 Å². The van der Waals surface area contributed by atoms with Crippen LogP contribution in [0.15, 0.2) is 5.16 Å². The fourth-order valence-corrected chi connectivity index (χ4v) is 2.72. The molecule has 2 rings (SSSR count). The zero-order chi connectivity index (χ0) is 13.9. The monoisotopic (exact) mass is 284 g/mol. The molecule has 3 N–H and O–H groups in total. The van der Waals surface area contributed by atoms with Crippen LogP contribution < -0.4 is 11.1 Å². The molecule has 0 saturated heterocycles. The van der Waals surface area contributed by atoms with E-state index in [9.17, 15) is 4.79 Å². The van der Waals surface area contributed by atoms with E-state index in [4.69, 9.17) is 5.73 Å². The van der Waals surface area contributed by atoms with Crippen LogP contribution in [-0.2, 0) is 4.79 Å². The molecule has 0 spiro atoms. The van der Waals surface area contributed by atoms with E-state index in [2.05, 4.69) is 27.8 Å². The largest absolute Gasteiger partial charge is 0.368 e. The summed E-state index contributed by atoms with van der Waals surface area (Å²) < 4.78 is 1.84. The molecule has 1 aliphatic rings. The van der Waals surface area contributed by atoms with Gasteiger partial charge < -0.3 is 11.1 Å². The van der Waals surface area contributed by atoms with Crippen LogP contribution in [0.4, 0.5) is 0 Å². The average Bonchev–Trinajstić information content (AvgIpc) is 3.13. The standard InChI is InChI=1S/C11H20N6OS/c1-3-6-13-11(2,9(12)18)7-19-10-14-15-16-17(10)8-4-5-8/h8,13H,3-7H2,1-2H3,(H2,12,18). The van der Waals surface area contributed by atoms with E-state index >= 15 is 0 Å². The van der Waals surface area contributed by atoms with Crippen molar-refractivity contribution in [1.29, 1.82) is 0 Å².